The molecule has 1 N–H and O–H groups in total. The summed E-state index contributed by atoms with van der Waals surface area (Å²) in [5, 5.41) is 10.5. The molecule has 3 rings (SSSR count). The average molecular weight is 342 g/mol. The minimum Gasteiger partial charge on any atom is -0.382 e. The molecule has 1 amide bonds. The lowest BCUT2D eigenvalue weighted by molar-refractivity contribution is -0.126. The molecule has 0 aliphatic carbocycles. The summed E-state index contributed by atoms with van der Waals surface area (Å²) in [5.41, 5.74) is 1.85. The van der Waals surface area contributed by atoms with E-state index in [0.29, 0.717) is 6.54 Å². The van der Waals surface area contributed by atoms with Crippen LogP contribution in [-0.2, 0) is 4.79 Å². The summed E-state index contributed by atoms with van der Waals surface area (Å²) in [6.07, 6.45) is -1.06. The Bertz CT molecular complexity index is 706. The highest BCUT2D eigenvalue weighted by Crippen LogP contribution is 2.45. The van der Waals surface area contributed by atoms with Crippen molar-refractivity contribution in [2.24, 2.45) is 0 Å². The number of benzene rings is 2. The largest absolute Gasteiger partial charge is 0.382 e. The first-order chi connectivity index (χ1) is 11.6. The van der Waals surface area contributed by atoms with Gasteiger partial charge in [0.2, 0.25) is 0 Å². The van der Waals surface area contributed by atoms with Crippen LogP contribution < -0.4 is 4.90 Å². The van der Waals surface area contributed by atoms with Crippen LogP contribution in [0, 0.1) is 0 Å². The second-order valence-electron chi connectivity index (χ2n) is 6.15. The van der Waals surface area contributed by atoms with Gasteiger partial charge in [-0.25, -0.2) is 0 Å². The number of amides is 1. The second kappa shape index (κ2) is 7.38. The first-order valence-electron chi connectivity index (χ1n) is 8.02. The van der Waals surface area contributed by atoms with Crippen molar-refractivity contribution in [1.82, 2.24) is 4.90 Å². The Labute approximate surface area is 147 Å². The molecule has 1 heterocycles. The summed E-state index contributed by atoms with van der Waals surface area (Å²) in [4.78, 5) is 17.7. The molecule has 0 bridgehead atoms. The van der Waals surface area contributed by atoms with Crippen molar-refractivity contribution < 1.29 is 9.90 Å². The quantitative estimate of drug-likeness (QED) is 0.928. The lowest BCUT2D eigenvalue weighted by Gasteiger charge is -2.26. The van der Waals surface area contributed by atoms with Crippen LogP contribution in [0.1, 0.15) is 10.8 Å². The topological polar surface area (TPSA) is 43.8 Å². The number of fused-ring (bicyclic) bond motifs is 1. The van der Waals surface area contributed by atoms with E-state index in [1.165, 1.54) is 0 Å². The second-order valence-corrected chi connectivity index (χ2v) is 7.34. The van der Waals surface area contributed by atoms with Gasteiger partial charge in [0.05, 0.1) is 10.9 Å². The number of aliphatic hydroxyl groups is 1. The van der Waals surface area contributed by atoms with Crippen LogP contribution >= 0.6 is 11.8 Å². The predicted molar refractivity (Wildman–Crippen MR) is 98.4 cm³/mol. The molecule has 0 radical (unpaired) electrons. The van der Waals surface area contributed by atoms with E-state index in [1.54, 1.807) is 16.7 Å². The molecule has 2 atom stereocenters. The number of carbonyl (C=O) groups excluding carboxylic acids is 1. The minimum absolute atomic E-state index is 0.233. The summed E-state index contributed by atoms with van der Waals surface area (Å²) in [6, 6.07) is 17.6. The molecule has 1 aliphatic rings. The third-order valence-corrected chi connectivity index (χ3v) is 5.50. The van der Waals surface area contributed by atoms with Gasteiger partial charge >= 0.3 is 0 Å². The zero-order valence-corrected chi connectivity index (χ0v) is 14.7. The van der Waals surface area contributed by atoms with E-state index in [9.17, 15) is 9.90 Å². The fourth-order valence-corrected chi connectivity index (χ4v) is 4.08. The van der Waals surface area contributed by atoms with Crippen molar-refractivity contribution in [1.29, 1.82) is 0 Å². The van der Waals surface area contributed by atoms with Gasteiger partial charge in [0, 0.05) is 18.0 Å². The number of aliphatic hydroxyl groups excluding tert-OH is 1. The zero-order chi connectivity index (χ0) is 17.1. The molecule has 5 heteroatoms. The van der Waals surface area contributed by atoms with E-state index in [1.807, 2.05) is 73.6 Å². The molecule has 0 saturated heterocycles. The van der Waals surface area contributed by atoms with Gasteiger partial charge in [-0.2, -0.15) is 0 Å². The molecule has 4 nitrogen and oxygen atoms in total. The summed E-state index contributed by atoms with van der Waals surface area (Å²) in [5.74, 6) is -0.233. The fraction of sp³-hybridized carbons (Fsp3) is 0.316. The van der Waals surface area contributed by atoms with E-state index in [-0.39, 0.29) is 11.2 Å². The molecule has 0 saturated carbocycles. The number of rotatable bonds is 4. The number of likely N-dealkylation sites (N-methyl/N-ethyl adjacent to an activating group) is 1. The maximum atomic E-state index is 12.9. The molecular formula is C19H22N2O2S. The van der Waals surface area contributed by atoms with Crippen molar-refractivity contribution in [2.75, 3.05) is 32.1 Å². The first-order valence-corrected chi connectivity index (χ1v) is 8.90. The number of hydrogen-bond donors (Lipinski definition) is 1. The number of para-hydroxylation sites is 1. The lowest BCUT2D eigenvalue weighted by Crippen LogP contribution is -2.43. The normalized spacial score (nSPS) is 20.8. The molecule has 126 valence electrons. The highest BCUT2D eigenvalue weighted by molar-refractivity contribution is 7.99. The van der Waals surface area contributed by atoms with Crippen molar-refractivity contribution in [2.45, 2.75) is 16.2 Å². The van der Waals surface area contributed by atoms with Gasteiger partial charge in [-0.05, 0) is 31.8 Å². The third-order valence-electron chi connectivity index (χ3n) is 4.11. The Balaban J connectivity index is 1.99. The van der Waals surface area contributed by atoms with Gasteiger partial charge in [-0.3, -0.25) is 4.79 Å². The monoisotopic (exact) mass is 342 g/mol. The number of anilines is 1. The Morgan fingerprint density at radius 3 is 2.46 bits per heavy atom. The lowest BCUT2D eigenvalue weighted by atomic mass is 10.1. The van der Waals surface area contributed by atoms with Crippen LogP contribution in [0.15, 0.2) is 59.5 Å². The van der Waals surface area contributed by atoms with Crippen LogP contribution in [0.5, 0.6) is 0 Å². The van der Waals surface area contributed by atoms with Crippen LogP contribution in [-0.4, -0.2) is 49.2 Å². The van der Waals surface area contributed by atoms with E-state index < -0.39 is 6.10 Å². The molecular weight excluding hydrogens is 320 g/mol. The highest BCUT2D eigenvalue weighted by atomic mass is 32.2. The van der Waals surface area contributed by atoms with Gasteiger partial charge in [0.25, 0.3) is 5.91 Å². The van der Waals surface area contributed by atoms with Crippen molar-refractivity contribution in [3.05, 3.63) is 60.2 Å². The van der Waals surface area contributed by atoms with E-state index in [0.717, 1.165) is 22.7 Å². The smallest absolute Gasteiger partial charge is 0.257 e. The number of carbonyl (C=O) groups is 1. The van der Waals surface area contributed by atoms with Crippen molar-refractivity contribution >= 4 is 23.4 Å². The van der Waals surface area contributed by atoms with Crippen LogP contribution in [0.25, 0.3) is 0 Å². The van der Waals surface area contributed by atoms with E-state index in [2.05, 4.69) is 0 Å². The number of hydrogen-bond acceptors (Lipinski definition) is 4. The van der Waals surface area contributed by atoms with Crippen LogP contribution in [0.4, 0.5) is 5.69 Å². The van der Waals surface area contributed by atoms with Crippen molar-refractivity contribution in [3.63, 3.8) is 0 Å². The predicted octanol–water partition coefficient (Wildman–Crippen LogP) is 2.79. The molecule has 0 aromatic heterocycles. The van der Waals surface area contributed by atoms with Gasteiger partial charge in [-0.1, -0.05) is 42.5 Å². The Morgan fingerprint density at radius 2 is 1.75 bits per heavy atom. The van der Waals surface area contributed by atoms with Crippen LogP contribution in [0.2, 0.25) is 0 Å². The van der Waals surface area contributed by atoms with Crippen LogP contribution in [0.3, 0.4) is 0 Å². The van der Waals surface area contributed by atoms with Gasteiger partial charge in [-0.15, -0.1) is 11.8 Å². The Kier molecular flexibility index (Phi) is 5.23. The molecule has 2 aromatic rings. The minimum atomic E-state index is -1.06. The number of nitrogens with zero attached hydrogens (tertiary/aromatic N) is 2. The molecule has 2 unspecified atom stereocenters. The SMILES string of the molecule is CN(C)CCN1C(=O)C(O)C(c2ccccc2)Sc2ccccc21. The summed E-state index contributed by atoms with van der Waals surface area (Å²) in [6.45, 7) is 1.30. The summed E-state index contributed by atoms with van der Waals surface area (Å²) >= 11 is 1.55. The van der Waals surface area contributed by atoms with E-state index in [4.69, 9.17) is 0 Å². The third kappa shape index (κ3) is 3.48. The number of thioether (sulfide) groups is 1. The summed E-state index contributed by atoms with van der Waals surface area (Å²) in [7, 11) is 3.96. The Morgan fingerprint density at radius 1 is 1.08 bits per heavy atom. The fourth-order valence-electron chi connectivity index (χ4n) is 2.81. The maximum absolute atomic E-state index is 12.9. The first kappa shape index (κ1) is 17.0. The Hall–Kier alpha value is -1.82. The molecule has 0 fully saturated rings. The standard InChI is InChI=1S/C19H22N2O2S/c1-20(2)12-13-21-15-10-6-7-11-16(15)24-18(17(22)19(21)23)14-8-4-3-5-9-14/h3-11,17-18,22H,12-13H2,1-2H3. The molecule has 24 heavy (non-hydrogen) atoms. The van der Waals surface area contributed by atoms with Crippen molar-refractivity contribution in [3.8, 4) is 0 Å². The molecule has 0 spiro atoms. The molecule has 1 aliphatic heterocycles. The van der Waals surface area contributed by atoms with E-state index >= 15 is 0 Å². The van der Waals surface area contributed by atoms with Gasteiger partial charge in [0.1, 0.15) is 6.10 Å². The molecule has 2 aromatic carbocycles. The highest BCUT2D eigenvalue weighted by Gasteiger charge is 2.36. The van der Waals surface area contributed by atoms with Gasteiger partial charge < -0.3 is 14.9 Å². The summed E-state index contributed by atoms with van der Waals surface area (Å²) < 4.78 is 0. The average Bonchev–Trinajstić information content (AvgIpc) is 2.70. The zero-order valence-electron chi connectivity index (χ0n) is 13.9. The maximum Gasteiger partial charge on any atom is 0.257 e. The van der Waals surface area contributed by atoms with Gasteiger partial charge in [0.15, 0.2) is 0 Å².